The number of nitrogens with zero attached hydrogens (tertiary/aromatic N) is 3. The Balaban J connectivity index is 1.75. The molecule has 6 heteroatoms. The number of hydrogen-bond acceptors (Lipinski definition) is 4. The monoisotopic (exact) mass is 347 g/mol. The second-order valence-corrected chi connectivity index (χ2v) is 8.64. The molecule has 1 unspecified atom stereocenters. The van der Waals surface area contributed by atoms with Gasteiger partial charge in [0.1, 0.15) is 0 Å². The van der Waals surface area contributed by atoms with Crippen LogP contribution >= 0.6 is 0 Å². The average molecular weight is 347 g/mol. The van der Waals surface area contributed by atoms with Gasteiger partial charge in [-0.05, 0) is 45.4 Å². The van der Waals surface area contributed by atoms with Gasteiger partial charge in [-0.2, -0.15) is 5.10 Å². The highest BCUT2D eigenvalue weighted by Gasteiger charge is 2.31. The Morgan fingerprint density at radius 3 is 2.54 bits per heavy atom. The molecular weight excluding hydrogens is 322 g/mol. The molecule has 1 aliphatic rings. The van der Waals surface area contributed by atoms with Gasteiger partial charge < -0.3 is 0 Å². The van der Waals surface area contributed by atoms with Crippen LogP contribution in [0.2, 0.25) is 0 Å². The molecular formula is C18H25N3O2S. The molecule has 0 radical (unpaired) electrons. The van der Waals surface area contributed by atoms with E-state index < -0.39 is 9.84 Å². The highest BCUT2D eigenvalue weighted by Crippen LogP contribution is 2.35. The van der Waals surface area contributed by atoms with E-state index in [0.29, 0.717) is 11.4 Å². The van der Waals surface area contributed by atoms with Gasteiger partial charge in [0.25, 0.3) is 0 Å². The molecule has 130 valence electrons. The summed E-state index contributed by atoms with van der Waals surface area (Å²) in [5, 5.41) is 4.52. The van der Waals surface area contributed by atoms with Crippen molar-refractivity contribution in [3.8, 4) is 0 Å². The lowest BCUT2D eigenvalue weighted by molar-refractivity contribution is 0.271. The van der Waals surface area contributed by atoms with Crippen LogP contribution in [0.4, 0.5) is 0 Å². The fourth-order valence-electron chi connectivity index (χ4n) is 3.68. The first kappa shape index (κ1) is 17.2. The van der Waals surface area contributed by atoms with Crippen LogP contribution < -0.4 is 0 Å². The van der Waals surface area contributed by atoms with Crippen molar-refractivity contribution in [1.82, 2.24) is 14.7 Å². The van der Waals surface area contributed by atoms with Crippen molar-refractivity contribution in [2.24, 2.45) is 7.05 Å². The number of hydrogen-bond donors (Lipinski definition) is 0. The third-order valence-electron chi connectivity index (χ3n) is 5.01. The maximum atomic E-state index is 12.5. The largest absolute Gasteiger partial charge is 0.295 e. The van der Waals surface area contributed by atoms with Crippen molar-refractivity contribution in [3.63, 3.8) is 0 Å². The number of aromatic nitrogens is 2. The van der Waals surface area contributed by atoms with Crippen LogP contribution in [-0.2, 0) is 16.9 Å². The molecule has 0 aliphatic carbocycles. The van der Waals surface area contributed by atoms with Crippen LogP contribution in [0.5, 0.6) is 0 Å². The topological polar surface area (TPSA) is 55.2 Å². The fourth-order valence-corrected chi connectivity index (χ4v) is 4.96. The van der Waals surface area contributed by atoms with Crippen molar-refractivity contribution in [3.05, 3.63) is 47.3 Å². The zero-order chi connectivity index (χ0) is 17.3. The van der Waals surface area contributed by atoms with E-state index in [1.807, 2.05) is 24.7 Å². The maximum absolute atomic E-state index is 12.5. The van der Waals surface area contributed by atoms with Crippen molar-refractivity contribution in [1.29, 1.82) is 0 Å². The zero-order valence-electron chi connectivity index (χ0n) is 14.6. The van der Waals surface area contributed by atoms with Gasteiger partial charge >= 0.3 is 0 Å². The van der Waals surface area contributed by atoms with Gasteiger partial charge in [-0.25, -0.2) is 8.42 Å². The lowest BCUT2D eigenvalue weighted by Gasteiger charge is -2.25. The average Bonchev–Trinajstić information content (AvgIpc) is 3.11. The van der Waals surface area contributed by atoms with Crippen molar-refractivity contribution >= 4 is 9.84 Å². The van der Waals surface area contributed by atoms with E-state index in [2.05, 4.69) is 16.9 Å². The second kappa shape index (κ2) is 6.69. The van der Waals surface area contributed by atoms with E-state index >= 15 is 0 Å². The molecule has 1 saturated heterocycles. The predicted octanol–water partition coefficient (Wildman–Crippen LogP) is 2.65. The molecule has 1 aromatic heterocycles. The second-order valence-electron chi connectivity index (χ2n) is 6.53. The predicted molar refractivity (Wildman–Crippen MR) is 94.7 cm³/mol. The van der Waals surface area contributed by atoms with E-state index in [1.165, 1.54) is 11.3 Å². The Morgan fingerprint density at radius 1 is 1.21 bits per heavy atom. The minimum atomic E-state index is -3.23. The van der Waals surface area contributed by atoms with Gasteiger partial charge in [0.2, 0.25) is 0 Å². The molecule has 0 bridgehead atoms. The molecule has 0 amide bonds. The number of sulfone groups is 1. The number of benzene rings is 1. The van der Waals surface area contributed by atoms with Crippen LogP contribution in [0.1, 0.15) is 35.8 Å². The zero-order valence-corrected chi connectivity index (χ0v) is 15.4. The Hall–Kier alpha value is -1.66. The van der Waals surface area contributed by atoms with Crippen LogP contribution in [-0.4, -0.2) is 41.9 Å². The summed E-state index contributed by atoms with van der Waals surface area (Å²) in [7, 11) is -1.27. The summed E-state index contributed by atoms with van der Waals surface area (Å²) in [6, 6.07) is 9.01. The molecule has 24 heavy (non-hydrogen) atoms. The van der Waals surface area contributed by atoms with Gasteiger partial charge in [0.15, 0.2) is 9.84 Å². The van der Waals surface area contributed by atoms with E-state index in [0.717, 1.165) is 25.1 Å². The summed E-state index contributed by atoms with van der Waals surface area (Å²) >= 11 is 0. The molecule has 2 heterocycles. The van der Waals surface area contributed by atoms with E-state index in [9.17, 15) is 8.42 Å². The van der Waals surface area contributed by atoms with Crippen LogP contribution in [0.3, 0.4) is 0 Å². The van der Waals surface area contributed by atoms with Gasteiger partial charge in [0, 0.05) is 30.9 Å². The molecule has 5 nitrogen and oxygen atoms in total. The lowest BCUT2D eigenvalue weighted by atomic mass is 10.0. The standard InChI is InChI=1S/C18H25N3O2S/c1-14-18(15(2)20(3)19-14)17-10-7-11-21(17)12-13-24(22,23)16-8-5-4-6-9-16/h4-6,8-9,17H,7,10-13H2,1-3H3. The number of rotatable bonds is 5. The van der Waals surface area contributed by atoms with Crippen LogP contribution in [0.25, 0.3) is 0 Å². The molecule has 2 aromatic rings. The third-order valence-corrected chi connectivity index (χ3v) is 6.72. The van der Waals surface area contributed by atoms with Crippen molar-refractivity contribution in [2.75, 3.05) is 18.8 Å². The van der Waals surface area contributed by atoms with E-state index in [1.54, 1.807) is 24.3 Å². The van der Waals surface area contributed by atoms with Crippen molar-refractivity contribution < 1.29 is 8.42 Å². The maximum Gasteiger partial charge on any atom is 0.179 e. The Bertz CT molecular complexity index is 812. The molecule has 1 atom stereocenters. The third kappa shape index (κ3) is 3.26. The summed E-state index contributed by atoms with van der Waals surface area (Å²) in [6.07, 6.45) is 2.17. The molecule has 0 saturated carbocycles. The SMILES string of the molecule is Cc1nn(C)c(C)c1C1CCCN1CCS(=O)(=O)c1ccccc1. The molecule has 1 aliphatic heterocycles. The highest BCUT2D eigenvalue weighted by molar-refractivity contribution is 7.91. The van der Waals surface area contributed by atoms with Crippen LogP contribution in [0, 0.1) is 13.8 Å². The van der Waals surface area contributed by atoms with Crippen molar-refractivity contribution in [2.45, 2.75) is 37.6 Å². The van der Waals surface area contributed by atoms with E-state index in [-0.39, 0.29) is 11.8 Å². The quantitative estimate of drug-likeness (QED) is 0.834. The first-order valence-corrected chi connectivity index (χ1v) is 10.1. The summed E-state index contributed by atoms with van der Waals surface area (Å²) in [5.41, 5.74) is 3.50. The molecule has 1 aromatic carbocycles. The Morgan fingerprint density at radius 2 is 1.92 bits per heavy atom. The first-order chi connectivity index (χ1) is 11.4. The normalized spacial score (nSPS) is 19.0. The number of likely N-dealkylation sites (tertiary alicyclic amines) is 1. The minimum absolute atomic E-state index is 0.159. The molecule has 0 spiro atoms. The molecule has 1 fully saturated rings. The van der Waals surface area contributed by atoms with Gasteiger partial charge in [0.05, 0.1) is 16.3 Å². The Kier molecular flexibility index (Phi) is 4.78. The smallest absolute Gasteiger partial charge is 0.179 e. The van der Waals surface area contributed by atoms with E-state index in [4.69, 9.17) is 0 Å². The van der Waals surface area contributed by atoms with Crippen LogP contribution in [0.15, 0.2) is 35.2 Å². The Labute approximate surface area is 144 Å². The first-order valence-electron chi connectivity index (χ1n) is 8.42. The van der Waals surface area contributed by atoms with Gasteiger partial charge in [-0.3, -0.25) is 9.58 Å². The molecule has 3 rings (SSSR count). The minimum Gasteiger partial charge on any atom is -0.295 e. The summed E-state index contributed by atoms with van der Waals surface area (Å²) < 4.78 is 27.0. The van der Waals surface area contributed by atoms with Gasteiger partial charge in [-0.15, -0.1) is 0 Å². The summed E-state index contributed by atoms with van der Waals surface area (Å²) in [6.45, 7) is 5.64. The van der Waals surface area contributed by atoms with Gasteiger partial charge in [-0.1, -0.05) is 18.2 Å². The fraction of sp³-hybridized carbons (Fsp3) is 0.500. The molecule has 0 N–H and O–H groups in total. The number of aryl methyl sites for hydroxylation is 2. The summed E-state index contributed by atoms with van der Waals surface area (Å²) in [5.74, 6) is 0.159. The summed E-state index contributed by atoms with van der Waals surface area (Å²) in [4.78, 5) is 2.71. The highest BCUT2D eigenvalue weighted by atomic mass is 32.2. The lowest BCUT2D eigenvalue weighted by Crippen LogP contribution is -2.29.